The normalized spacial score (nSPS) is 29.0. The lowest BCUT2D eigenvalue weighted by atomic mass is 10.1. The maximum Gasteiger partial charge on any atom is 0.310 e. The molecule has 1 heterocycles. The number of carbonyl (C=O) groups excluding carboxylic acids is 1. The van der Waals surface area contributed by atoms with Crippen molar-refractivity contribution in [2.75, 3.05) is 34.3 Å². The topological polar surface area (TPSA) is 66.9 Å². The summed E-state index contributed by atoms with van der Waals surface area (Å²) in [6.45, 7) is 1.10. The number of ether oxygens (including phenoxy) is 1. The smallest absolute Gasteiger partial charge is 0.310 e. The minimum absolute atomic E-state index is 0.385. The van der Waals surface area contributed by atoms with Crippen LogP contribution in [0.3, 0.4) is 0 Å². The van der Waals surface area contributed by atoms with Crippen molar-refractivity contribution in [1.82, 2.24) is 9.21 Å². The molecule has 2 fully saturated rings. The maximum atomic E-state index is 12.8. The lowest BCUT2D eigenvalue weighted by Gasteiger charge is -2.36. The zero-order valence-corrected chi connectivity index (χ0v) is 13.9. The average Bonchev–Trinajstić information content (AvgIpc) is 2.96. The molecule has 0 amide bonds. The second kappa shape index (κ2) is 6.62. The van der Waals surface area contributed by atoms with E-state index in [-0.39, 0.29) is 5.97 Å². The van der Waals surface area contributed by atoms with Crippen LogP contribution >= 0.6 is 0 Å². The number of nitrogens with zero attached hydrogens (tertiary/aromatic N) is 2. The van der Waals surface area contributed by atoms with Gasteiger partial charge in [0.2, 0.25) is 10.0 Å². The van der Waals surface area contributed by atoms with Crippen LogP contribution in [0.2, 0.25) is 0 Å². The largest absolute Gasteiger partial charge is 0.469 e. The van der Waals surface area contributed by atoms with Gasteiger partial charge in [0, 0.05) is 19.1 Å². The number of esters is 1. The first-order chi connectivity index (χ1) is 9.87. The molecule has 0 N–H and O–H groups in total. The van der Waals surface area contributed by atoms with Crippen LogP contribution in [0.5, 0.6) is 0 Å². The highest BCUT2D eigenvalue weighted by Crippen LogP contribution is 2.34. The molecule has 0 radical (unpaired) electrons. The maximum absolute atomic E-state index is 12.8. The molecule has 2 unspecified atom stereocenters. The molecular weight excluding hydrogens is 292 g/mol. The first-order valence-electron chi connectivity index (χ1n) is 7.61. The van der Waals surface area contributed by atoms with Crippen LogP contribution in [0.15, 0.2) is 0 Å². The van der Waals surface area contributed by atoms with Gasteiger partial charge in [0.1, 0.15) is 0 Å². The van der Waals surface area contributed by atoms with E-state index in [0.717, 1.165) is 19.3 Å². The Labute approximate surface area is 127 Å². The Morgan fingerprint density at radius 3 is 2.29 bits per heavy atom. The Morgan fingerprint density at radius 2 is 1.76 bits per heavy atom. The van der Waals surface area contributed by atoms with Crippen molar-refractivity contribution in [2.45, 2.75) is 43.4 Å². The van der Waals surface area contributed by atoms with Crippen LogP contribution in [0, 0.1) is 5.92 Å². The van der Waals surface area contributed by atoms with Crippen molar-refractivity contribution in [3.63, 3.8) is 0 Å². The third-order valence-electron chi connectivity index (χ3n) is 4.85. The van der Waals surface area contributed by atoms with Crippen LogP contribution in [0.4, 0.5) is 0 Å². The summed E-state index contributed by atoms with van der Waals surface area (Å²) in [5.41, 5.74) is 0. The molecule has 2 aliphatic rings. The van der Waals surface area contributed by atoms with Crippen LogP contribution in [-0.2, 0) is 19.6 Å². The summed E-state index contributed by atoms with van der Waals surface area (Å²) in [7, 11) is 1.98. The van der Waals surface area contributed by atoms with Crippen molar-refractivity contribution in [2.24, 2.45) is 5.92 Å². The molecule has 7 heteroatoms. The molecular formula is C14H26N2O4S. The zero-order chi connectivity index (χ0) is 15.6. The van der Waals surface area contributed by atoms with E-state index in [0.29, 0.717) is 32.0 Å². The number of carbonyl (C=O) groups is 1. The Kier molecular flexibility index (Phi) is 5.27. The highest BCUT2D eigenvalue weighted by molar-refractivity contribution is 7.89. The molecule has 122 valence electrons. The Bertz CT molecular complexity index is 469. The number of sulfonamides is 1. The van der Waals surface area contributed by atoms with E-state index in [1.807, 2.05) is 14.1 Å². The van der Waals surface area contributed by atoms with E-state index in [1.54, 1.807) is 4.31 Å². The van der Waals surface area contributed by atoms with Crippen molar-refractivity contribution in [3.05, 3.63) is 0 Å². The van der Waals surface area contributed by atoms with Crippen LogP contribution in [-0.4, -0.2) is 69.2 Å². The van der Waals surface area contributed by atoms with Gasteiger partial charge in [-0.2, -0.15) is 0 Å². The van der Waals surface area contributed by atoms with Crippen LogP contribution < -0.4 is 0 Å². The van der Waals surface area contributed by atoms with E-state index in [2.05, 4.69) is 4.90 Å². The van der Waals surface area contributed by atoms with Gasteiger partial charge in [-0.05, 0) is 39.8 Å². The minimum atomic E-state index is -3.40. The fourth-order valence-electron chi connectivity index (χ4n) is 3.51. The highest BCUT2D eigenvalue weighted by Gasteiger charge is 2.45. The van der Waals surface area contributed by atoms with E-state index >= 15 is 0 Å². The molecule has 1 aliphatic heterocycles. The number of piperidine rings is 1. The zero-order valence-electron chi connectivity index (χ0n) is 13.1. The summed E-state index contributed by atoms with van der Waals surface area (Å²) in [6.07, 6.45) is 3.65. The van der Waals surface area contributed by atoms with Gasteiger partial charge in [0.15, 0.2) is 0 Å². The minimum Gasteiger partial charge on any atom is -0.469 e. The molecule has 1 saturated carbocycles. The van der Waals surface area contributed by atoms with Gasteiger partial charge in [-0.3, -0.25) is 4.79 Å². The molecule has 0 bridgehead atoms. The number of rotatable bonds is 4. The van der Waals surface area contributed by atoms with Gasteiger partial charge >= 0.3 is 5.97 Å². The van der Waals surface area contributed by atoms with E-state index in [9.17, 15) is 13.2 Å². The van der Waals surface area contributed by atoms with E-state index in [1.165, 1.54) is 7.11 Å². The molecule has 0 spiro atoms. The molecule has 1 saturated heterocycles. The quantitative estimate of drug-likeness (QED) is 0.713. The van der Waals surface area contributed by atoms with Gasteiger partial charge in [0.05, 0.1) is 18.3 Å². The highest BCUT2D eigenvalue weighted by atomic mass is 32.2. The summed E-state index contributed by atoms with van der Waals surface area (Å²) in [6, 6.07) is 0.441. The third-order valence-corrected chi connectivity index (χ3v) is 7.27. The first-order valence-corrected chi connectivity index (χ1v) is 9.11. The second-order valence-corrected chi connectivity index (χ2v) is 8.39. The summed E-state index contributed by atoms with van der Waals surface area (Å²) in [5, 5.41) is -0.596. The summed E-state index contributed by atoms with van der Waals surface area (Å²) >= 11 is 0. The average molecular weight is 318 g/mol. The lowest BCUT2D eigenvalue weighted by molar-refractivity contribution is -0.145. The molecule has 0 aromatic heterocycles. The first kappa shape index (κ1) is 16.7. The summed E-state index contributed by atoms with van der Waals surface area (Å²) in [5.74, 6) is -0.879. The SMILES string of the molecule is COC(=O)C1CCCC1S(=O)(=O)N1CCC(N(C)C)CC1. The van der Waals surface area contributed by atoms with Gasteiger partial charge in [0.25, 0.3) is 0 Å². The van der Waals surface area contributed by atoms with Crippen LogP contribution in [0.25, 0.3) is 0 Å². The third kappa shape index (κ3) is 3.40. The van der Waals surface area contributed by atoms with Crippen LogP contribution in [0.1, 0.15) is 32.1 Å². The van der Waals surface area contributed by atoms with Crippen molar-refractivity contribution in [1.29, 1.82) is 0 Å². The Morgan fingerprint density at radius 1 is 1.14 bits per heavy atom. The fourth-order valence-corrected chi connectivity index (χ4v) is 5.74. The predicted octanol–water partition coefficient (Wildman–Crippen LogP) is 0.684. The van der Waals surface area contributed by atoms with Crippen molar-refractivity contribution >= 4 is 16.0 Å². The standard InChI is InChI=1S/C14H26N2O4S/c1-15(2)11-7-9-16(10-8-11)21(18,19)13-6-4-5-12(13)14(17)20-3/h11-13H,4-10H2,1-3H3. The second-order valence-electron chi connectivity index (χ2n) is 6.24. The molecule has 21 heavy (non-hydrogen) atoms. The van der Waals surface area contributed by atoms with E-state index < -0.39 is 21.2 Å². The predicted molar refractivity (Wildman–Crippen MR) is 80.3 cm³/mol. The van der Waals surface area contributed by atoms with Gasteiger partial charge in [-0.25, -0.2) is 12.7 Å². The fraction of sp³-hybridized carbons (Fsp3) is 0.929. The van der Waals surface area contributed by atoms with Gasteiger partial charge < -0.3 is 9.64 Å². The van der Waals surface area contributed by atoms with Gasteiger partial charge in [-0.1, -0.05) is 6.42 Å². The molecule has 0 aromatic rings. The Hall–Kier alpha value is -0.660. The van der Waals surface area contributed by atoms with E-state index in [4.69, 9.17) is 4.74 Å². The molecule has 2 atom stereocenters. The Balaban J connectivity index is 2.06. The lowest BCUT2D eigenvalue weighted by Crippen LogP contribution is -2.48. The molecule has 2 rings (SSSR count). The molecule has 0 aromatic carbocycles. The monoisotopic (exact) mass is 318 g/mol. The number of hydrogen-bond acceptors (Lipinski definition) is 5. The molecule has 6 nitrogen and oxygen atoms in total. The summed E-state index contributed by atoms with van der Waals surface area (Å²) < 4.78 is 31.9. The van der Waals surface area contributed by atoms with Gasteiger partial charge in [-0.15, -0.1) is 0 Å². The molecule has 1 aliphatic carbocycles. The number of hydrogen-bond donors (Lipinski definition) is 0. The van der Waals surface area contributed by atoms with Crippen molar-refractivity contribution < 1.29 is 17.9 Å². The van der Waals surface area contributed by atoms with Crippen molar-refractivity contribution in [3.8, 4) is 0 Å². The number of methoxy groups -OCH3 is 1. The summed E-state index contributed by atoms with van der Waals surface area (Å²) in [4.78, 5) is 13.9.